The Kier molecular flexibility index (Phi) is 4.16. The van der Waals surface area contributed by atoms with Crippen LogP contribution >= 0.6 is 0 Å². The molecule has 0 bridgehead atoms. The highest BCUT2D eigenvalue weighted by Crippen LogP contribution is 2.29. The molecule has 1 aromatic carbocycles. The molecule has 0 atom stereocenters. The van der Waals surface area contributed by atoms with Gasteiger partial charge in [0.05, 0.1) is 5.69 Å². The summed E-state index contributed by atoms with van der Waals surface area (Å²) in [6.45, 7) is 3.86. The van der Waals surface area contributed by atoms with Crippen molar-refractivity contribution in [1.29, 1.82) is 0 Å². The van der Waals surface area contributed by atoms with E-state index in [9.17, 15) is 19.1 Å². The molecule has 2 N–H and O–H groups in total. The Morgan fingerprint density at radius 1 is 1.38 bits per heavy atom. The molecule has 1 aliphatic rings. The fraction of sp³-hybridized carbons (Fsp3) is 0.467. The van der Waals surface area contributed by atoms with Crippen LogP contribution in [0.5, 0.6) is 0 Å². The number of carbonyl (C=O) groups excluding carboxylic acids is 1. The average Bonchev–Trinajstić information content (AvgIpc) is 2.87. The molecule has 0 aromatic heterocycles. The Morgan fingerprint density at radius 2 is 2.05 bits per heavy atom. The predicted octanol–water partition coefficient (Wildman–Crippen LogP) is 2.54. The zero-order valence-corrected chi connectivity index (χ0v) is 12.1. The fourth-order valence-electron chi connectivity index (χ4n) is 2.62. The Morgan fingerprint density at radius 3 is 2.62 bits per heavy atom. The second kappa shape index (κ2) is 5.71. The van der Waals surface area contributed by atoms with E-state index in [1.165, 1.54) is 17.0 Å². The number of aliphatic carboxylic acids is 1. The number of carboxylic acids is 1. The summed E-state index contributed by atoms with van der Waals surface area (Å²) in [4.78, 5) is 25.2. The summed E-state index contributed by atoms with van der Waals surface area (Å²) in [5, 5.41) is 12.0. The van der Waals surface area contributed by atoms with E-state index in [1.807, 2.05) is 0 Å². The zero-order valence-electron chi connectivity index (χ0n) is 12.1. The molecule has 21 heavy (non-hydrogen) atoms. The van der Waals surface area contributed by atoms with Crippen molar-refractivity contribution in [1.82, 2.24) is 5.32 Å². The highest BCUT2D eigenvalue weighted by atomic mass is 19.1. The maximum atomic E-state index is 13.3. The summed E-state index contributed by atoms with van der Waals surface area (Å²) in [5.74, 6) is -1.47. The molecule has 6 heteroatoms. The van der Waals surface area contributed by atoms with Crippen molar-refractivity contribution >= 4 is 17.7 Å². The first-order valence-corrected chi connectivity index (χ1v) is 7.05. The lowest BCUT2D eigenvalue weighted by atomic mass is 9.93. The number of halogens is 1. The van der Waals surface area contributed by atoms with E-state index in [-0.39, 0.29) is 12.8 Å². The van der Waals surface area contributed by atoms with Crippen molar-refractivity contribution in [2.75, 3.05) is 11.4 Å². The number of benzene rings is 1. The monoisotopic (exact) mass is 294 g/mol. The van der Waals surface area contributed by atoms with Crippen LogP contribution in [0.4, 0.5) is 14.9 Å². The summed E-state index contributed by atoms with van der Waals surface area (Å²) in [5.41, 5.74) is 0.118. The van der Waals surface area contributed by atoms with Gasteiger partial charge in [0.15, 0.2) is 0 Å². The number of urea groups is 1. The summed E-state index contributed by atoms with van der Waals surface area (Å²) >= 11 is 0. The normalized spacial score (nSPS) is 14.0. The fourth-order valence-corrected chi connectivity index (χ4v) is 2.62. The van der Waals surface area contributed by atoms with E-state index in [0.29, 0.717) is 18.7 Å². The van der Waals surface area contributed by atoms with Crippen molar-refractivity contribution < 1.29 is 19.1 Å². The Balaban J connectivity index is 2.23. The van der Waals surface area contributed by atoms with Crippen LogP contribution in [0.3, 0.4) is 0 Å². The van der Waals surface area contributed by atoms with Gasteiger partial charge in [-0.3, -0.25) is 4.90 Å². The molecule has 114 valence electrons. The lowest BCUT2D eigenvalue weighted by Gasteiger charge is -2.30. The van der Waals surface area contributed by atoms with Gasteiger partial charge in [-0.1, -0.05) is 19.9 Å². The van der Waals surface area contributed by atoms with Crippen LogP contribution in [0.2, 0.25) is 0 Å². The second-order valence-electron chi connectivity index (χ2n) is 5.20. The largest absolute Gasteiger partial charge is 0.480 e. The van der Waals surface area contributed by atoms with Crippen molar-refractivity contribution in [3.05, 3.63) is 29.6 Å². The number of carboxylic acid groups (broad SMARTS) is 1. The number of amides is 2. The van der Waals surface area contributed by atoms with Gasteiger partial charge in [0.1, 0.15) is 11.4 Å². The maximum absolute atomic E-state index is 13.3. The third kappa shape index (κ3) is 2.70. The molecule has 0 spiro atoms. The van der Waals surface area contributed by atoms with Crippen LogP contribution in [0.15, 0.2) is 18.2 Å². The first-order chi connectivity index (χ1) is 9.93. The number of anilines is 1. The summed E-state index contributed by atoms with van der Waals surface area (Å²) in [6.07, 6.45) is 1.21. The highest BCUT2D eigenvalue weighted by molar-refractivity contribution is 5.97. The quantitative estimate of drug-likeness (QED) is 0.896. The number of nitrogens with zero attached hydrogens (tertiary/aromatic N) is 1. The predicted molar refractivity (Wildman–Crippen MR) is 76.9 cm³/mol. The Bertz CT molecular complexity index is 570. The summed E-state index contributed by atoms with van der Waals surface area (Å²) < 4.78 is 13.3. The van der Waals surface area contributed by atoms with Crippen molar-refractivity contribution in [2.24, 2.45) is 0 Å². The molecule has 0 unspecified atom stereocenters. The van der Waals surface area contributed by atoms with Crippen LogP contribution in [0.25, 0.3) is 0 Å². The lowest BCUT2D eigenvalue weighted by Crippen LogP contribution is -2.57. The number of hydrogen-bond acceptors (Lipinski definition) is 2. The van der Waals surface area contributed by atoms with Gasteiger partial charge < -0.3 is 10.4 Å². The number of rotatable bonds is 4. The molecule has 0 fully saturated rings. The SMILES string of the molecule is CCC(CC)(NC(=O)N1CCc2ccc(F)cc21)C(=O)O. The van der Waals surface area contributed by atoms with Gasteiger partial charge in [-0.05, 0) is 37.0 Å². The van der Waals surface area contributed by atoms with Gasteiger partial charge >= 0.3 is 12.0 Å². The molecule has 0 radical (unpaired) electrons. The van der Waals surface area contributed by atoms with Crippen molar-refractivity contribution in [3.63, 3.8) is 0 Å². The minimum absolute atomic E-state index is 0.286. The first kappa shape index (κ1) is 15.3. The molecule has 0 saturated carbocycles. The third-order valence-electron chi connectivity index (χ3n) is 4.15. The molecule has 2 amide bonds. The molecule has 1 aliphatic heterocycles. The van der Waals surface area contributed by atoms with Gasteiger partial charge in [0, 0.05) is 6.54 Å². The third-order valence-corrected chi connectivity index (χ3v) is 4.15. The van der Waals surface area contributed by atoms with E-state index in [1.54, 1.807) is 19.9 Å². The second-order valence-corrected chi connectivity index (χ2v) is 5.20. The van der Waals surface area contributed by atoms with Crippen LogP contribution in [0, 0.1) is 5.82 Å². The van der Waals surface area contributed by atoms with E-state index in [4.69, 9.17) is 0 Å². The minimum Gasteiger partial charge on any atom is -0.480 e. The number of carbonyl (C=O) groups is 2. The van der Waals surface area contributed by atoms with Crippen LogP contribution in [-0.2, 0) is 11.2 Å². The number of hydrogen-bond donors (Lipinski definition) is 2. The maximum Gasteiger partial charge on any atom is 0.329 e. The average molecular weight is 294 g/mol. The van der Waals surface area contributed by atoms with Crippen molar-refractivity contribution in [2.45, 2.75) is 38.6 Å². The Labute approximate surface area is 122 Å². The highest BCUT2D eigenvalue weighted by Gasteiger charge is 2.38. The zero-order chi connectivity index (χ0) is 15.6. The lowest BCUT2D eigenvalue weighted by molar-refractivity contribution is -0.144. The Hall–Kier alpha value is -2.11. The number of fused-ring (bicyclic) bond motifs is 1. The van der Waals surface area contributed by atoms with Crippen LogP contribution in [0.1, 0.15) is 32.3 Å². The van der Waals surface area contributed by atoms with Crippen LogP contribution in [-0.4, -0.2) is 29.2 Å². The molecule has 1 heterocycles. The van der Waals surface area contributed by atoms with E-state index >= 15 is 0 Å². The van der Waals surface area contributed by atoms with Crippen molar-refractivity contribution in [3.8, 4) is 0 Å². The van der Waals surface area contributed by atoms with Gasteiger partial charge in [-0.15, -0.1) is 0 Å². The summed E-state index contributed by atoms with van der Waals surface area (Å²) in [6, 6.07) is 3.83. The first-order valence-electron chi connectivity index (χ1n) is 7.05. The van der Waals surface area contributed by atoms with Gasteiger partial charge in [0.25, 0.3) is 0 Å². The van der Waals surface area contributed by atoms with E-state index in [0.717, 1.165) is 5.56 Å². The molecule has 2 rings (SSSR count). The van der Waals surface area contributed by atoms with E-state index < -0.39 is 23.4 Å². The smallest absolute Gasteiger partial charge is 0.329 e. The molecule has 0 aliphatic carbocycles. The molecule has 5 nitrogen and oxygen atoms in total. The molecular formula is C15H19FN2O3. The number of nitrogens with one attached hydrogen (secondary N) is 1. The standard InChI is InChI=1S/C15H19FN2O3/c1-3-15(4-2,13(19)20)17-14(21)18-8-7-10-5-6-11(16)9-12(10)18/h5-6,9H,3-4,7-8H2,1-2H3,(H,17,21)(H,19,20). The molecule has 1 aromatic rings. The van der Waals surface area contributed by atoms with Gasteiger partial charge in [-0.25, -0.2) is 14.0 Å². The molecule has 0 saturated heterocycles. The minimum atomic E-state index is -1.28. The summed E-state index contributed by atoms with van der Waals surface area (Å²) in [7, 11) is 0. The van der Waals surface area contributed by atoms with E-state index in [2.05, 4.69) is 5.32 Å². The van der Waals surface area contributed by atoms with Crippen LogP contribution < -0.4 is 10.2 Å². The van der Waals surface area contributed by atoms with Gasteiger partial charge in [-0.2, -0.15) is 0 Å². The molecular weight excluding hydrogens is 275 g/mol. The van der Waals surface area contributed by atoms with Gasteiger partial charge in [0.2, 0.25) is 0 Å². The topological polar surface area (TPSA) is 69.6 Å².